The van der Waals surface area contributed by atoms with Crippen molar-refractivity contribution in [2.45, 2.75) is 19.8 Å². The monoisotopic (exact) mass is 257 g/mol. The number of piperidine rings is 1. The Hall–Kier alpha value is -1.53. The molecule has 1 aromatic carbocycles. The lowest BCUT2D eigenvalue weighted by Gasteiger charge is -2.35. The van der Waals surface area contributed by atoms with Crippen LogP contribution in [0.15, 0.2) is 18.2 Å². The van der Waals surface area contributed by atoms with Crippen LogP contribution in [0.5, 0.6) is 0 Å². The van der Waals surface area contributed by atoms with Gasteiger partial charge in [0.15, 0.2) is 0 Å². The Labute approximate surface area is 116 Å². The van der Waals surface area contributed by atoms with E-state index in [1.165, 1.54) is 30.6 Å². The number of benzene rings is 1. The second kappa shape index (κ2) is 6.08. The van der Waals surface area contributed by atoms with E-state index in [2.05, 4.69) is 43.0 Å². The van der Waals surface area contributed by atoms with Crippen molar-refractivity contribution in [1.29, 1.82) is 5.26 Å². The molecule has 1 aliphatic rings. The molecule has 1 heterocycles. The first-order valence-electron chi connectivity index (χ1n) is 7.00. The summed E-state index contributed by atoms with van der Waals surface area (Å²) >= 11 is 0. The Balaban J connectivity index is 2.00. The van der Waals surface area contributed by atoms with Crippen molar-refractivity contribution in [2.24, 2.45) is 5.92 Å². The van der Waals surface area contributed by atoms with Gasteiger partial charge < -0.3 is 9.80 Å². The van der Waals surface area contributed by atoms with Gasteiger partial charge in [-0.1, -0.05) is 0 Å². The van der Waals surface area contributed by atoms with Gasteiger partial charge in [-0.3, -0.25) is 0 Å². The Bertz CT molecular complexity index is 465. The molecule has 1 fully saturated rings. The van der Waals surface area contributed by atoms with Crippen LogP contribution in [0.1, 0.15) is 24.0 Å². The molecular weight excluding hydrogens is 234 g/mol. The van der Waals surface area contributed by atoms with Gasteiger partial charge in [-0.05, 0) is 63.5 Å². The number of rotatable bonds is 3. The van der Waals surface area contributed by atoms with Crippen LogP contribution >= 0.6 is 0 Å². The van der Waals surface area contributed by atoms with Crippen LogP contribution in [-0.4, -0.2) is 38.6 Å². The SMILES string of the molecule is Cc1cc(C#N)ccc1N1CCC(CN(C)C)CC1. The normalized spacial score (nSPS) is 16.7. The molecule has 1 saturated heterocycles. The van der Waals surface area contributed by atoms with Crippen molar-refractivity contribution >= 4 is 5.69 Å². The van der Waals surface area contributed by atoms with E-state index in [0.717, 1.165) is 24.6 Å². The van der Waals surface area contributed by atoms with E-state index in [9.17, 15) is 0 Å². The van der Waals surface area contributed by atoms with Gasteiger partial charge in [0.25, 0.3) is 0 Å². The van der Waals surface area contributed by atoms with Crippen LogP contribution in [0, 0.1) is 24.2 Å². The molecule has 0 spiro atoms. The predicted molar refractivity (Wildman–Crippen MR) is 79.4 cm³/mol. The summed E-state index contributed by atoms with van der Waals surface area (Å²) in [6.45, 7) is 5.55. The molecule has 3 heteroatoms. The fraction of sp³-hybridized carbons (Fsp3) is 0.562. The highest BCUT2D eigenvalue weighted by Crippen LogP contribution is 2.26. The maximum absolute atomic E-state index is 8.91. The van der Waals surface area contributed by atoms with Crippen molar-refractivity contribution < 1.29 is 0 Å². The van der Waals surface area contributed by atoms with Gasteiger partial charge in [0, 0.05) is 25.3 Å². The molecule has 0 aliphatic carbocycles. The highest BCUT2D eigenvalue weighted by atomic mass is 15.1. The summed E-state index contributed by atoms with van der Waals surface area (Å²) in [4.78, 5) is 4.75. The lowest BCUT2D eigenvalue weighted by atomic mass is 9.95. The van der Waals surface area contributed by atoms with Gasteiger partial charge in [-0.2, -0.15) is 5.26 Å². The fourth-order valence-electron chi connectivity index (χ4n) is 2.95. The summed E-state index contributed by atoms with van der Waals surface area (Å²) in [5, 5.41) is 8.91. The Morgan fingerprint density at radius 2 is 2.00 bits per heavy atom. The van der Waals surface area contributed by atoms with Gasteiger partial charge >= 0.3 is 0 Å². The van der Waals surface area contributed by atoms with Gasteiger partial charge in [0.1, 0.15) is 0 Å². The predicted octanol–water partition coefficient (Wildman–Crippen LogP) is 2.64. The third-order valence-electron chi connectivity index (χ3n) is 3.90. The van der Waals surface area contributed by atoms with Crippen molar-refractivity contribution in [3.05, 3.63) is 29.3 Å². The molecule has 19 heavy (non-hydrogen) atoms. The average Bonchev–Trinajstić information content (AvgIpc) is 2.39. The Kier molecular flexibility index (Phi) is 4.44. The highest BCUT2D eigenvalue weighted by molar-refractivity contribution is 5.56. The molecule has 0 bridgehead atoms. The van der Waals surface area contributed by atoms with E-state index >= 15 is 0 Å². The van der Waals surface area contributed by atoms with Gasteiger partial charge in [0.2, 0.25) is 0 Å². The molecule has 0 atom stereocenters. The van der Waals surface area contributed by atoms with Crippen LogP contribution in [0.25, 0.3) is 0 Å². The molecule has 1 aromatic rings. The first-order chi connectivity index (χ1) is 9.10. The van der Waals surface area contributed by atoms with Crippen LogP contribution in [-0.2, 0) is 0 Å². The minimum atomic E-state index is 0.753. The van der Waals surface area contributed by atoms with E-state index in [1.54, 1.807) is 0 Å². The first-order valence-corrected chi connectivity index (χ1v) is 7.00. The summed E-state index contributed by atoms with van der Waals surface area (Å²) in [7, 11) is 4.30. The maximum Gasteiger partial charge on any atom is 0.0991 e. The number of anilines is 1. The Morgan fingerprint density at radius 3 is 2.53 bits per heavy atom. The largest absolute Gasteiger partial charge is 0.371 e. The lowest BCUT2D eigenvalue weighted by molar-refractivity contribution is 0.285. The number of nitriles is 1. The minimum absolute atomic E-state index is 0.753. The molecule has 0 aromatic heterocycles. The molecular formula is C16H23N3. The van der Waals surface area contributed by atoms with E-state index in [0.29, 0.717) is 0 Å². The van der Waals surface area contributed by atoms with Crippen LogP contribution < -0.4 is 4.90 Å². The van der Waals surface area contributed by atoms with Crippen LogP contribution in [0.4, 0.5) is 5.69 Å². The summed E-state index contributed by atoms with van der Waals surface area (Å²) in [5.74, 6) is 0.824. The second-order valence-electron chi connectivity index (χ2n) is 5.81. The zero-order valence-corrected chi connectivity index (χ0v) is 12.2. The topological polar surface area (TPSA) is 30.3 Å². The number of nitrogens with zero attached hydrogens (tertiary/aromatic N) is 3. The van der Waals surface area contributed by atoms with Gasteiger partial charge in [-0.15, -0.1) is 0 Å². The average molecular weight is 257 g/mol. The standard InChI is InChI=1S/C16H23N3/c1-13-10-15(11-17)4-5-16(13)19-8-6-14(7-9-19)12-18(2)3/h4-5,10,14H,6-9,12H2,1-3H3. The zero-order valence-electron chi connectivity index (χ0n) is 12.2. The summed E-state index contributed by atoms with van der Waals surface area (Å²) < 4.78 is 0. The number of hydrogen-bond acceptors (Lipinski definition) is 3. The second-order valence-corrected chi connectivity index (χ2v) is 5.81. The van der Waals surface area contributed by atoms with E-state index in [1.807, 2.05) is 12.1 Å². The molecule has 0 saturated carbocycles. The number of aryl methyl sites for hydroxylation is 1. The van der Waals surface area contributed by atoms with Crippen molar-refractivity contribution in [2.75, 3.05) is 38.6 Å². The third-order valence-corrected chi connectivity index (χ3v) is 3.90. The summed E-state index contributed by atoms with van der Waals surface area (Å²) in [6, 6.07) is 8.21. The molecule has 0 unspecified atom stereocenters. The van der Waals surface area contributed by atoms with E-state index in [4.69, 9.17) is 5.26 Å². The highest BCUT2D eigenvalue weighted by Gasteiger charge is 2.20. The number of hydrogen-bond donors (Lipinski definition) is 0. The smallest absolute Gasteiger partial charge is 0.0991 e. The van der Waals surface area contributed by atoms with E-state index < -0.39 is 0 Å². The zero-order chi connectivity index (χ0) is 13.8. The van der Waals surface area contributed by atoms with Crippen molar-refractivity contribution in [3.63, 3.8) is 0 Å². The molecule has 1 aliphatic heterocycles. The molecule has 0 amide bonds. The third kappa shape index (κ3) is 3.48. The molecule has 2 rings (SSSR count). The molecule has 3 nitrogen and oxygen atoms in total. The molecule has 0 radical (unpaired) electrons. The van der Waals surface area contributed by atoms with Crippen LogP contribution in [0.3, 0.4) is 0 Å². The lowest BCUT2D eigenvalue weighted by Crippen LogP contribution is -2.37. The van der Waals surface area contributed by atoms with Crippen molar-refractivity contribution in [1.82, 2.24) is 4.90 Å². The Morgan fingerprint density at radius 1 is 1.32 bits per heavy atom. The van der Waals surface area contributed by atoms with E-state index in [-0.39, 0.29) is 0 Å². The van der Waals surface area contributed by atoms with Gasteiger partial charge in [-0.25, -0.2) is 0 Å². The summed E-state index contributed by atoms with van der Waals surface area (Å²) in [6.07, 6.45) is 2.52. The molecule has 102 valence electrons. The maximum atomic E-state index is 8.91. The first kappa shape index (κ1) is 13.9. The fourth-order valence-corrected chi connectivity index (χ4v) is 2.95. The molecule has 0 N–H and O–H groups in total. The quantitative estimate of drug-likeness (QED) is 0.834. The van der Waals surface area contributed by atoms with Gasteiger partial charge in [0.05, 0.1) is 11.6 Å². The van der Waals surface area contributed by atoms with Crippen LogP contribution in [0.2, 0.25) is 0 Å². The minimum Gasteiger partial charge on any atom is -0.371 e. The summed E-state index contributed by atoms with van der Waals surface area (Å²) in [5.41, 5.74) is 3.26. The van der Waals surface area contributed by atoms with Crippen molar-refractivity contribution in [3.8, 4) is 6.07 Å².